The maximum absolute atomic E-state index is 6.87. The van der Waals surface area contributed by atoms with E-state index in [1.807, 2.05) is 6.07 Å². The van der Waals surface area contributed by atoms with Crippen molar-refractivity contribution in [1.82, 2.24) is 19.5 Å². The highest BCUT2D eigenvalue weighted by Gasteiger charge is 2.21. The molecule has 0 bridgehead atoms. The third-order valence-electron chi connectivity index (χ3n) is 11.0. The number of hydrogen-bond acceptors (Lipinski definition) is 5. The number of fused-ring (bicyclic) bond motifs is 9. The third kappa shape index (κ3) is 5.12. The van der Waals surface area contributed by atoms with E-state index in [1.54, 1.807) is 11.3 Å². The van der Waals surface area contributed by atoms with Gasteiger partial charge in [0.2, 0.25) is 0 Å². The summed E-state index contributed by atoms with van der Waals surface area (Å²) < 4.78 is 11.7. The minimum Gasteiger partial charge on any atom is -0.455 e. The summed E-state index contributed by atoms with van der Waals surface area (Å²) in [4.78, 5) is 15.6. The van der Waals surface area contributed by atoms with Crippen LogP contribution in [0.15, 0.2) is 186 Å². The molecule has 5 nitrogen and oxygen atoms in total. The van der Waals surface area contributed by atoms with Crippen molar-refractivity contribution in [2.45, 2.75) is 0 Å². The van der Waals surface area contributed by atoms with Gasteiger partial charge in [-0.1, -0.05) is 115 Å². The lowest BCUT2D eigenvalue weighted by Gasteiger charge is -2.10. The summed E-state index contributed by atoms with van der Waals surface area (Å²) >= 11 is 1.80. The molecule has 0 saturated heterocycles. The summed E-state index contributed by atoms with van der Waals surface area (Å²) in [6.07, 6.45) is 0. The number of para-hydroxylation sites is 3. The standard InChI is InChI=1S/C51H30N4OS/c1-3-13-31(14-4-1)32-15-11-16-33(27-32)49-52-50(34-25-26-47-42(28-34)37-20-8-10-24-46(37)57-47)54-51(53-49)39-22-12-21-38-41-29-44-40(30-45(41)56-48(38)39)36-19-7-9-23-43(36)55(44)35-17-5-2-6-18-35/h1-30H. The molecule has 0 spiro atoms. The van der Waals surface area contributed by atoms with Gasteiger partial charge in [0, 0.05) is 58.5 Å². The van der Waals surface area contributed by atoms with E-state index in [1.165, 1.54) is 25.6 Å². The SMILES string of the molecule is c1ccc(-c2cccc(-c3nc(-c4ccc5sc6ccccc6c5c4)nc(-c4cccc5c4oc4cc6c7ccccc7n(-c7ccccc7)c6cc45)n3)c2)cc1. The van der Waals surface area contributed by atoms with Crippen LogP contribution < -0.4 is 0 Å². The molecule has 4 aromatic heterocycles. The normalized spacial score (nSPS) is 11.9. The van der Waals surface area contributed by atoms with Crippen molar-refractivity contribution < 1.29 is 4.42 Å². The highest BCUT2D eigenvalue weighted by molar-refractivity contribution is 7.25. The van der Waals surface area contributed by atoms with Crippen molar-refractivity contribution >= 4 is 75.3 Å². The van der Waals surface area contributed by atoms with Crippen molar-refractivity contribution in [2.24, 2.45) is 0 Å². The van der Waals surface area contributed by atoms with Crippen LogP contribution in [0.2, 0.25) is 0 Å². The van der Waals surface area contributed by atoms with Gasteiger partial charge in [-0.3, -0.25) is 0 Å². The van der Waals surface area contributed by atoms with Gasteiger partial charge in [-0.15, -0.1) is 11.3 Å². The van der Waals surface area contributed by atoms with Gasteiger partial charge in [0.15, 0.2) is 17.5 Å². The van der Waals surface area contributed by atoms with Crippen molar-refractivity contribution in [3.05, 3.63) is 182 Å². The van der Waals surface area contributed by atoms with Gasteiger partial charge in [0.25, 0.3) is 0 Å². The molecule has 0 aliphatic carbocycles. The van der Waals surface area contributed by atoms with Crippen molar-refractivity contribution in [2.75, 3.05) is 0 Å². The number of thiophene rings is 1. The number of rotatable bonds is 5. The third-order valence-corrected chi connectivity index (χ3v) is 12.2. The van der Waals surface area contributed by atoms with E-state index in [-0.39, 0.29) is 0 Å². The van der Waals surface area contributed by atoms with Crippen LogP contribution in [0.25, 0.3) is 115 Å². The highest BCUT2D eigenvalue weighted by Crippen LogP contribution is 2.41. The molecule has 266 valence electrons. The first-order chi connectivity index (χ1) is 28.2. The first-order valence-electron chi connectivity index (χ1n) is 19.0. The average Bonchev–Trinajstić information content (AvgIpc) is 3.95. The Morgan fingerprint density at radius 3 is 1.89 bits per heavy atom. The summed E-state index contributed by atoms with van der Waals surface area (Å²) in [6.45, 7) is 0. The molecule has 8 aromatic carbocycles. The average molecular weight is 747 g/mol. The fourth-order valence-electron chi connectivity index (χ4n) is 8.38. The molecule has 0 atom stereocenters. The monoisotopic (exact) mass is 746 g/mol. The Morgan fingerprint density at radius 1 is 0.386 bits per heavy atom. The maximum Gasteiger partial charge on any atom is 0.167 e. The largest absolute Gasteiger partial charge is 0.455 e. The van der Waals surface area contributed by atoms with E-state index in [4.69, 9.17) is 19.4 Å². The second-order valence-electron chi connectivity index (χ2n) is 14.4. The van der Waals surface area contributed by atoms with Crippen LogP contribution in [-0.2, 0) is 0 Å². The van der Waals surface area contributed by atoms with Gasteiger partial charge in [0.1, 0.15) is 11.2 Å². The van der Waals surface area contributed by atoms with Crippen LogP contribution in [0.3, 0.4) is 0 Å². The van der Waals surface area contributed by atoms with Crippen LogP contribution in [0.1, 0.15) is 0 Å². The lowest BCUT2D eigenvalue weighted by Crippen LogP contribution is -2.00. The van der Waals surface area contributed by atoms with E-state index < -0.39 is 0 Å². The Hall–Kier alpha value is -7.41. The van der Waals surface area contributed by atoms with E-state index >= 15 is 0 Å². The van der Waals surface area contributed by atoms with E-state index in [0.29, 0.717) is 17.5 Å². The number of aromatic nitrogens is 4. The van der Waals surface area contributed by atoms with E-state index in [2.05, 4.69) is 180 Å². The second-order valence-corrected chi connectivity index (χ2v) is 15.5. The summed E-state index contributed by atoms with van der Waals surface area (Å²) in [5.41, 5.74) is 9.87. The van der Waals surface area contributed by atoms with Crippen LogP contribution >= 0.6 is 11.3 Å². The van der Waals surface area contributed by atoms with E-state index in [9.17, 15) is 0 Å². The van der Waals surface area contributed by atoms with Crippen LogP contribution in [0.4, 0.5) is 0 Å². The minimum absolute atomic E-state index is 0.559. The highest BCUT2D eigenvalue weighted by atomic mass is 32.1. The molecule has 4 heterocycles. The molecule has 0 unspecified atom stereocenters. The van der Waals surface area contributed by atoms with E-state index in [0.717, 1.165) is 71.9 Å². The number of hydrogen-bond donors (Lipinski definition) is 0. The molecule has 0 amide bonds. The molecular weight excluding hydrogens is 717 g/mol. The van der Waals surface area contributed by atoms with Gasteiger partial charge in [-0.05, 0) is 77.9 Å². The van der Waals surface area contributed by atoms with Gasteiger partial charge in [-0.25, -0.2) is 15.0 Å². The lowest BCUT2D eigenvalue weighted by molar-refractivity contribution is 0.670. The Labute approximate surface area is 330 Å². The molecule has 0 aliphatic heterocycles. The fourth-order valence-corrected chi connectivity index (χ4v) is 9.47. The Balaban J connectivity index is 1.09. The molecule has 0 saturated carbocycles. The second kappa shape index (κ2) is 12.6. The lowest BCUT2D eigenvalue weighted by atomic mass is 10.0. The fraction of sp³-hybridized carbons (Fsp3) is 0. The Bertz CT molecular complexity index is 3530. The predicted molar refractivity (Wildman–Crippen MR) is 236 cm³/mol. The van der Waals surface area contributed by atoms with Gasteiger partial charge >= 0.3 is 0 Å². The smallest absolute Gasteiger partial charge is 0.167 e. The molecule has 6 heteroatoms. The molecule has 0 N–H and O–H groups in total. The zero-order chi connectivity index (χ0) is 37.5. The van der Waals surface area contributed by atoms with Gasteiger partial charge in [0.05, 0.1) is 16.6 Å². The molecule has 57 heavy (non-hydrogen) atoms. The molecule has 12 rings (SSSR count). The van der Waals surface area contributed by atoms with Gasteiger partial charge in [-0.2, -0.15) is 0 Å². The summed E-state index contributed by atoms with van der Waals surface area (Å²) in [5, 5.41) is 6.80. The summed E-state index contributed by atoms with van der Waals surface area (Å²) in [6, 6.07) is 63.8. The number of nitrogens with zero attached hydrogens (tertiary/aromatic N) is 4. The van der Waals surface area contributed by atoms with Crippen LogP contribution in [0.5, 0.6) is 0 Å². The molecule has 0 aliphatic rings. The Kier molecular flexibility index (Phi) is 7.03. The molecule has 0 fully saturated rings. The first-order valence-corrected chi connectivity index (χ1v) is 19.8. The summed E-state index contributed by atoms with van der Waals surface area (Å²) in [5.74, 6) is 1.77. The van der Waals surface area contributed by atoms with Crippen molar-refractivity contribution in [3.63, 3.8) is 0 Å². The topological polar surface area (TPSA) is 56.7 Å². The number of benzene rings is 8. The number of furan rings is 1. The zero-order valence-corrected chi connectivity index (χ0v) is 31.2. The first kappa shape index (κ1) is 31.9. The van der Waals surface area contributed by atoms with Crippen molar-refractivity contribution in [1.29, 1.82) is 0 Å². The van der Waals surface area contributed by atoms with Crippen LogP contribution in [-0.4, -0.2) is 19.5 Å². The summed E-state index contributed by atoms with van der Waals surface area (Å²) in [7, 11) is 0. The molecule has 0 radical (unpaired) electrons. The molecular formula is C51H30N4OS. The zero-order valence-electron chi connectivity index (χ0n) is 30.4. The van der Waals surface area contributed by atoms with Gasteiger partial charge < -0.3 is 8.98 Å². The molecule has 12 aromatic rings. The Morgan fingerprint density at radius 2 is 1.04 bits per heavy atom. The minimum atomic E-state index is 0.559. The maximum atomic E-state index is 6.87. The predicted octanol–water partition coefficient (Wildman–Crippen LogP) is 13.9. The quantitative estimate of drug-likeness (QED) is 0.176. The van der Waals surface area contributed by atoms with Crippen molar-refractivity contribution in [3.8, 4) is 51.0 Å². The van der Waals surface area contributed by atoms with Crippen LogP contribution in [0, 0.1) is 0 Å².